The van der Waals surface area contributed by atoms with Gasteiger partial charge in [0, 0.05) is 11.3 Å². The lowest BCUT2D eigenvalue weighted by Gasteiger charge is -2.45. The van der Waals surface area contributed by atoms with Crippen molar-refractivity contribution >= 4 is 16.9 Å². The Balaban J connectivity index is 1.93. The Kier molecular flexibility index (Phi) is 4.01. The number of nitrogens with zero attached hydrogens (tertiary/aromatic N) is 1. The second-order valence-corrected chi connectivity index (χ2v) is 8.84. The van der Waals surface area contributed by atoms with Crippen LogP contribution in [0.1, 0.15) is 60.3 Å². The summed E-state index contributed by atoms with van der Waals surface area (Å²) < 4.78 is 0. The van der Waals surface area contributed by atoms with E-state index in [1.807, 2.05) is 11.8 Å². The minimum atomic E-state index is 0.452. The Labute approximate surface area is 116 Å². The van der Waals surface area contributed by atoms with E-state index >= 15 is 0 Å². The van der Waals surface area contributed by atoms with Gasteiger partial charge in [-0.15, -0.1) is 0 Å². The minimum Gasteiger partial charge on any atom is -0.362 e. The van der Waals surface area contributed by atoms with Crippen LogP contribution in [0, 0.1) is 10.8 Å². The van der Waals surface area contributed by atoms with Crippen molar-refractivity contribution < 1.29 is 0 Å². The molecule has 0 saturated heterocycles. The summed E-state index contributed by atoms with van der Waals surface area (Å²) in [5.41, 5.74) is 0.904. The Morgan fingerprint density at radius 3 is 2.33 bits per heavy atom. The molecule has 1 saturated carbocycles. The Hall–Kier alpha value is -0.180. The van der Waals surface area contributed by atoms with E-state index in [1.54, 1.807) is 0 Å². The van der Waals surface area contributed by atoms with Gasteiger partial charge in [-0.2, -0.15) is 0 Å². The van der Waals surface area contributed by atoms with Crippen LogP contribution in [-0.2, 0) is 0 Å². The lowest BCUT2D eigenvalue weighted by atomic mass is 9.63. The fourth-order valence-corrected chi connectivity index (χ4v) is 4.85. The Morgan fingerprint density at radius 2 is 1.83 bits per heavy atom. The molecule has 2 nitrogen and oxygen atoms in total. The molecule has 0 aromatic rings. The van der Waals surface area contributed by atoms with Gasteiger partial charge in [-0.05, 0) is 36.5 Å². The Morgan fingerprint density at radius 1 is 1.22 bits per heavy atom. The predicted octanol–water partition coefficient (Wildman–Crippen LogP) is 4.06. The molecule has 0 amide bonds. The van der Waals surface area contributed by atoms with Gasteiger partial charge in [0.2, 0.25) is 0 Å². The number of thioether (sulfide) groups is 1. The number of rotatable bonds is 2. The van der Waals surface area contributed by atoms with Gasteiger partial charge in [-0.3, -0.25) is 4.99 Å². The maximum absolute atomic E-state index is 4.65. The number of nitrogens with one attached hydrogen (secondary N) is 1. The number of amidine groups is 1. The van der Waals surface area contributed by atoms with Crippen molar-refractivity contribution in [1.82, 2.24) is 5.32 Å². The number of aliphatic imine (C=N–C) groups is 1. The van der Waals surface area contributed by atoms with Crippen LogP contribution in [0.2, 0.25) is 0 Å². The molecule has 0 aromatic carbocycles. The van der Waals surface area contributed by atoms with E-state index in [0.717, 1.165) is 6.54 Å². The number of hydrogen-bond donors (Lipinski definition) is 1. The standard InChI is InChI=1S/C15H28N2S/c1-6-12-9-16-13(18-12)17-11-7-14(2,3)10-15(4,5)8-11/h11-12H,6-10H2,1-5H3,(H,16,17). The first-order valence-corrected chi connectivity index (χ1v) is 8.15. The normalized spacial score (nSPS) is 31.2. The average molecular weight is 268 g/mol. The van der Waals surface area contributed by atoms with Gasteiger partial charge in [0.1, 0.15) is 0 Å². The zero-order chi connectivity index (χ0) is 13.4. The van der Waals surface area contributed by atoms with Crippen molar-refractivity contribution in [2.24, 2.45) is 15.8 Å². The van der Waals surface area contributed by atoms with Crippen LogP contribution in [0.15, 0.2) is 4.99 Å². The largest absolute Gasteiger partial charge is 0.362 e. The maximum atomic E-state index is 4.65. The molecule has 1 aliphatic heterocycles. The molecular formula is C15H28N2S. The van der Waals surface area contributed by atoms with E-state index in [9.17, 15) is 0 Å². The average Bonchev–Trinajstić information content (AvgIpc) is 2.60. The van der Waals surface area contributed by atoms with Gasteiger partial charge < -0.3 is 5.32 Å². The van der Waals surface area contributed by atoms with Gasteiger partial charge in [0.15, 0.2) is 5.17 Å². The fourth-order valence-electron chi connectivity index (χ4n) is 3.83. The third-order valence-corrected chi connectivity index (χ3v) is 5.34. The summed E-state index contributed by atoms with van der Waals surface area (Å²) in [6.45, 7) is 12.9. The molecule has 1 unspecified atom stereocenters. The third kappa shape index (κ3) is 3.66. The molecule has 104 valence electrons. The highest BCUT2D eigenvalue weighted by Crippen LogP contribution is 2.45. The van der Waals surface area contributed by atoms with Crippen LogP contribution < -0.4 is 5.32 Å². The molecule has 18 heavy (non-hydrogen) atoms. The molecule has 1 aliphatic carbocycles. The molecule has 0 aromatic heterocycles. The van der Waals surface area contributed by atoms with E-state index < -0.39 is 0 Å². The van der Waals surface area contributed by atoms with Gasteiger partial charge in [-0.1, -0.05) is 46.4 Å². The van der Waals surface area contributed by atoms with Crippen LogP contribution >= 0.6 is 11.8 Å². The Bertz CT molecular complexity index is 317. The van der Waals surface area contributed by atoms with Crippen LogP contribution in [0.25, 0.3) is 0 Å². The summed E-state index contributed by atoms with van der Waals surface area (Å²) in [6, 6.07) is 0.602. The van der Waals surface area contributed by atoms with Crippen molar-refractivity contribution in [3.05, 3.63) is 0 Å². The highest BCUT2D eigenvalue weighted by molar-refractivity contribution is 8.14. The van der Waals surface area contributed by atoms with Crippen LogP contribution in [0.3, 0.4) is 0 Å². The predicted molar refractivity (Wildman–Crippen MR) is 82.3 cm³/mol. The SMILES string of the molecule is CCC1CN=C(NC2CC(C)(C)CC(C)(C)C2)S1. The molecular weight excluding hydrogens is 240 g/mol. The van der Waals surface area contributed by atoms with Gasteiger partial charge in [0.25, 0.3) is 0 Å². The first-order valence-electron chi connectivity index (χ1n) is 7.27. The van der Waals surface area contributed by atoms with Crippen molar-refractivity contribution in [3.8, 4) is 0 Å². The molecule has 0 bridgehead atoms. The second kappa shape index (κ2) is 5.07. The lowest BCUT2D eigenvalue weighted by molar-refractivity contribution is 0.0925. The maximum Gasteiger partial charge on any atom is 0.157 e. The molecule has 3 heteroatoms. The van der Waals surface area contributed by atoms with Gasteiger partial charge in [-0.25, -0.2) is 0 Å². The minimum absolute atomic E-state index is 0.452. The van der Waals surface area contributed by atoms with Crippen LogP contribution in [0.4, 0.5) is 0 Å². The topological polar surface area (TPSA) is 24.4 Å². The van der Waals surface area contributed by atoms with Crippen molar-refractivity contribution in [3.63, 3.8) is 0 Å². The van der Waals surface area contributed by atoms with E-state index in [2.05, 4.69) is 44.9 Å². The van der Waals surface area contributed by atoms with Gasteiger partial charge >= 0.3 is 0 Å². The summed E-state index contributed by atoms with van der Waals surface area (Å²) in [7, 11) is 0. The van der Waals surface area contributed by atoms with E-state index in [4.69, 9.17) is 0 Å². The quantitative estimate of drug-likeness (QED) is 0.816. The number of hydrogen-bond acceptors (Lipinski definition) is 3. The van der Waals surface area contributed by atoms with Crippen molar-refractivity contribution in [2.45, 2.75) is 71.6 Å². The van der Waals surface area contributed by atoms with E-state index in [0.29, 0.717) is 22.1 Å². The monoisotopic (exact) mass is 268 g/mol. The summed E-state index contributed by atoms with van der Waals surface area (Å²) >= 11 is 1.94. The first kappa shape index (κ1) is 14.2. The highest BCUT2D eigenvalue weighted by atomic mass is 32.2. The highest BCUT2D eigenvalue weighted by Gasteiger charge is 2.39. The summed E-state index contributed by atoms with van der Waals surface area (Å²) in [5.74, 6) is 0. The van der Waals surface area contributed by atoms with Crippen LogP contribution in [-0.4, -0.2) is 23.0 Å². The molecule has 1 heterocycles. The molecule has 0 radical (unpaired) electrons. The summed E-state index contributed by atoms with van der Waals surface area (Å²) in [4.78, 5) is 4.65. The summed E-state index contributed by atoms with van der Waals surface area (Å²) in [5, 5.41) is 5.61. The molecule has 1 atom stereocenters. The molecule has 2 aliphatic rings. The zero-order valence-electron chi connectivity index (χ0n) is 12.5. The van der Waals surface area contributed by atoms with Crippen LogP contribution in [0.5, 0.6) is 0 Å². The van der Waals surface area contributed by atoms with Gasteiger partial charge in [0.05, 0.1) is 6.54 Å². The summed E-state index contributed by atoms with van der Waals surface area (Å²) in [6.07, 6.45) is 5.09. The molecule has 1 fully saturated rings. The third-order valence-electron chi connectivity index (χ3n) is 4.05. The molecule has 0 spiro atoms. The lowest BCUT2D eigenvalue weighted by Crippen LogP contribution is -2.45. The first-order chi connectivity index (χ1) is 8.30. The molecule has 1 N–H and O–H groups in total. The smallest absolute Gasteiger partial charge is 0.157 e. The van der Waals surface area contributed by atoms with Crippen molar-refractivity contribution in [1.29, 1.82) is 0 Å². The zero-order valence-corrected chi connectivity index (χ0v) is 13.4. The van der Waals surface area contributed by atoms with E-state index in [-0.39, 0.29) is 0 Å². The molecule has 2 rings (SSSR count). The van der Waals surface area contributed by atoms with Crippen molar-refractivity contribution in [2.75, 3.05) is 6.54 Å². The second-order valence-electron chi connectivity index (χ2n) is 7.55. The fraction of sp³-hybridized carbons (Fsp3) is 0.933. The van der Waals surface area contributed by atoms with E-state index in [1.165, 1.54) is 30.9 Å².